The Hall–Kier alpha value is -2.58. The minimum Gasteiger partial charge on any atom is -0.301 e. The molecule has 4 rings (SSSR count). The number of nitrogens with zero attached hydrogens (tertiary/aromatic N) is 4. The Labute approximate surface area is 167 Å². The van der Waals surface area contributed by atoms with Crippen LogP contribution >= 0.6 is 11.3 Å². The second kappa shape index (κ2) is 8.62. The maximum Gasteiger partial charge on any atom is 0.240 e. The quantitative estimate of drug-likeness (QED) is 0.663. The molecule has 3 aromatic rings. The van der Waals surface area contributed by atoms with E-state index in [0.717, 1.165) is 30.8 Å². The van der Waals surface area contributed by atoms with Crippen LogP contribution in [0.25, 0.3) is 0 Å². The number of hydrogen-bond acceptors (Lipinski definition) is 5. The van der Waals surface area contributed by atoms with Gasteiger partial charge in [0.2, 0.25) is 5.91 Å². The SMILES string of the molecule is O=C(CN1CCCC1Cn1cccn1)Nc1ncc(Cc2ccccc2F)s1. The maximum atomic E-state index is 13.8. The number of carbonyl (C=O) groups excluding carboxylic acids is 1. The first-order valence-electron chi connectivity index (χ1n) is 9.37. The minimum absolute atomic E-state index is 0.0702. The van der Waals surface area contributed by atoms with Crippen LogP contribution < -0.4 is 5.32 Å². The van der Waals surface area contributed by atoms with Gasteiger partial charge in [0.25, 0.3) is 0 Å². The number of thiazole rings is 1. The van der Waals surface area contributed by atoms with Crippen LogP contribution in [0, 0.1) is 5.82 Å². The highest BCUT2D eigenvalue weighted by atomic mass is 32.1. The van der Waals surface area contributed by atoms with Crippen molar-refractivity contribution in [3.8, 4) is 0 Å². The molecule has 1 aromatic carbocycles. The van der Waals surface area contributed by atoms with Crippen LogP contribution in [0.4, 0.5) is 9.52 Å². The number of anilines is 1. The van der Waals surface area contributed by atoms with Gasteiger partial charge in [-0.1, -0.05) is 18.2 Å². The summed E-state index contributed by atoms with van der Waals surface area (Å²) < 4.78 is 15.7. The second-order valence-corrected chi connectivity index (χ2v) is 8.06. The highest BCUT2D eigenvalue weighted by molar-refractivity contribution is 7.15. The van der Waals surface area contributed by atoms with Gasteiger partial charge in [0.05, 0.1) is 13.1 Å². The molecule has 1 fully saturated rings. The van der Waals surface area contributed by atoms with Crippen LogP contribution in [-0.2, 0) is 17.8 Å². The van der Waals surface area contributed by atoms with Gasteiger partial charge in [-0.05, 0) is 37.1 Å². The van der Waals surface area contributed by atoms with Crippen LogP contribution in [0.2, 0.25) is 0 Å². The summed E-state index contributed by atoms with van der Waals surface area (Å²) in [4.78, 5) is 19.9. The highest BCUT2D eigenvalue weighted by Gasteiger charge is 2.26. The van der Waals surface area contributed by atoms with Gasteiger partial charge in [-0.15, -0.1) is 11.3 Å². The average Bonchev–Trinajstić information content (AvgIpc) is 3.42. The molecule has 8 heteroatoms. The molecule has 28 heavy (non-hydrogen) atoms. The molecule has 0 radical (unpaired) electrons. The van der Waals surface area contributed by atoms with Crippen molar-refractivity contribution >= 4 is 22.4 Å². The topological polar surface area (TPSA) is 63.1 Å². The van der Waals surface area contributed by atoms with E-state index in [1.165, 1.54) is 17.4 Å². The lowest BCUT2D eigenvalue weighted by Gasteiger charge is -2.23. The van der Waals surface area contributed by atoms with Gasteiger partial charge < -0.3 is 5.32 Å². The predicted molar refractivity (Wildman–Crippen MR) is 107 cm³/mol. The number of benzene rings is 1. The first-order chi connectivity index (χ1) is 13.7. The van der Waals surface area contributed by atoms with E-state index < -0.39 is 0 Å². The van der Waals surface area contributed by atoms with E-state index in [1.54, 1.807) is 24.5 Å². The molecule has 1 unspecified atom stereocenters. The molecule has 2 aromatic heterocycles. The van der Waals surface area contributed by atoms with Gasteiger partial charge >= 0.3 is 0 Å². The number of aromatic nitrogens is 3. The molecule has 146 valence electrons. The fraction of sp³-hybridized carbons (Fsp3) is 0.350. The third kappa shape index (κ3) is 4.63. The molecule has 1 N–H and O–H groups in total. The summed E-state index contributed by atoms with van der Waals surface area (Å²) in [6.07, 6.45) is 8.04. The van der Waals surface area contributed by atoms with Crippen molar-refractivity contribution < 1.29 is 9.18 Å². The summed E-state index contributed by atoms with van der Waals surface area (Å²) in [6.45, 7) is 2.05. The number of halogens is 1. The van der Waals surface area contributed by atoms with Gasteiger partial charge in [0.15, 0.2) is 5.13 Å². The van der Waals surface area contributed by atoms with E-state index in [-0.39, 0.29) is 11.7 Å². The molecular weight excluding hydrogens is 377 g/mol. The number of nitrogens with one attached hydrogen (secondary N) is 1. The first-order valence-corrected chi connectivity index (χ1v) is 10.2. The number of rotatable bonds is 7. The Morgan fingerprint density at radius 1 is 1.32 bits per heavy atom. The molecule has 0 bridgehead atoms. The summed E-state index contributed by atoms with van der Waals surface area (Å²) in [5, 5.41) is 7.69. The van der Waals surface area contributed by atoms with Crippen molar-refractivity contribution in [3.05, 3.63) is 65.2 Å². The lowest BCUT2D eigenvalue weighted by Crippen LogP contribution is -2.39. The van der Waals surface area contributed by atoms with E-state index in [4.69, 9.17) is 0 Å². The van der Waals surface area contributed by atoms with E-state index in [0.29, 0.717) is 29.7 Å². The van der Waals surface area contributed by atoms with E-state index in [1.807, 2.05) is 23.0 Å². The molecule has 0 aliphatic carbocycles. The van der Waals surface area contributed by atoms with Gasteiger partial charge in [-0.3, -0.25) is 14.4 Å². The molecule has 1 aliphatic heterocycles. The Bertz CT molecular complexity index is 926. The van der Waals surface area contributed by atoms with Gasteiger partial charge in [0, 0.05) is 35.9 Å². The lowest BCUT2D eigenvalue weighted by atomic mass is 10.1. The Morgan fingerprint density at radius 3 is 3.04 bits per heavy atom. The summed E-state index contributed by atoms with van der Waals surface area (Å²) in [6, 6.07) is 8.94. The van der Waals surface area contributed by atoms with Crippen molar-refractivity contribution in [3.63, 3.8) is 0 Å². The zero-order chi connectivity index (χ0) is 19.3. The molecular formula is C20H22FN5OS. The smallest absolute Gasteiger partial charge is 0.240 e. The Balaban J connectivity index is 1.31. The number of likely N-dealkylation sites (tertiary alicyclic amines) is 1. The Kier molecular flexibility index (Phi) is 5.78. The first kappa shape index (κ1) is 18.8. The van der Waals surface area contributed by atoms with Crippen LogP contribution in [0.1, 0.15) is 23.3 Å². The number of amides is 1. The molecule has 0 spiro atoms. The van der Waals surface area contributed by atoms with Crippen molar-refractivity contribution in [2.24, 2.45) is 0 Å². The van der Waals surface area contributed by atoms with Crippen molar-refractivity contribution in [2.75, 3.05) is 18.4 Å². The molecule has 1 amide bonds. The largest absolute Gasteiger partial charge is 0.301 e. The molecule has 1 atom stereocenters. The molecule has 0 saturated carbocycles. The zero-order valence-corrected chi connectivity index (χ0v) is 16.2. The van der Waals surface area contributed by atoms with Crippen LogP contribution in [0.15, 0.2) is 48.9 Å². The molecule has 3 heterocycles. The van der Waals surface area contributed by atoms with Crippen molar-refractivity contribution in [1.29, 1.82) is 0 Å². The third-order valence-corrected chi connectivity index (χ3v) is 5.84. The van der Waals surface area contributed by atoms with E-state index in [2.05, 4.69) is 20.3 Å². The number of carbonyl (C=O) groups is 1. The van der Waals surface area contributed by atoms with Gasteiger partial charge in [-0.25, -0.2) is 9.37 Å². The predicted octanol–water partition coefficient (Wildman–Crippen LogP) is 3.17. The Morgan fingerprint density at radius 2 is 2.21 bits per heavy atom. The van der Waals surface area contributed by atoms with E-state index >= 15 is 0 Å². The summed E-state index contributed by atoms with van der Waals surface area (Å²) in [7, 11) is 0. The van der Waals surface area contributed by atoms with E-state index in [9.17, 15) is 9.18 Å². The summed E-state index contributed by atoms with van der Waals surface area (Å²) >= 11 is 1.38. The number of hydrogen-bond donors (Lipinski definition) is 1. The van der Waals surface area contributed by atoms with Crippen LogP contribution in [0.5, 0.6) is 0 Å². The van der Waals surface area contributed by atoms with Crippen molar-refractivity contribution in [1.82, 2.24) is 19.7 Å². The summed E-state index contributed by atoms with van der Waals surface area (Å²) in [5.74, 6) is -0.294. The summed E-state index contributed by atoms with van der Waals surface area (Å²) in [5.41, 5.74) is 0.627. The van der Waals surface area contributed by atoms with Crippen LogP contribution in [-0.4, -0.2) is 44.7 Å². The minimum atomic E-state index is -0.223. The molecule has 1 saturated heterocycles. The second-order valence-electron chi connectivity index (χ2n) is 6.94. The van der Waals surface area contributed by atoms with Gasteiger partial charge in [-0.2, -0.15) is 5.10 Å². The third-order valence-electron chi connectivity index (χ3n) is 4.93. The standard InChI is InChI=1S/C20H22FN5OS/c21-18-7-2-1-5-15(18)11-17-12-22-20(28-17)24-19(27)14-25-9-3-6-16(25)13-26-10-4-8-23-26/h1-2,4-5,7-8,10,12,16H,3,6,9,11,13-14H2,(H,22,24,27). The molecule has 1 aliphatic rings. The van der Waals surface area contributed by atoms with Gasteiger partial charge in [0.1, 0.15) is 5.82 Å². The fourth-order valence-corrected chi connectivity index (χ4v) is 4.41. The van der Waals surface area contributed by atoms with Crippen molar-refractivity contribution in [2.45, 2.75) is 31.8 Å². The molecule has 6 nitrogen and oxygen atoms in total. The fourth-order valence-electron chi connectivity index (χ4n) is 3.55. The zero-order valence-electron chi connectivity index (χ0n) is 15.4. The van der Waals surface area contributed by atoms with Crippen LogP contribution in [0.3, 0.4) is 0 Å². The normalized spacial score (nSPS) is 17.1. The lowest BCUT2D eigenvalue weighted by molar-refractivity contribution is -0.117. The average molecular weight is 399 g/mol. The highest BCUT2D eigenvalue weighted by Crippen LogP contribution is 2.23. The monoisotopic (exact) mass is 399 g/mol. The maximum absolute atomic E-state index is 13.8.